The number of rotatable bonds is 61. The number of allylic oxidation sites excluding steroid dienone is 9. The number of hydrogen-bond donors (Lipinski definition) is 3. The highest BCUT2D eigenvalue weighted by molar-refractivity contribution is 7.47. The molecule has 0 aromatic heterocycles. The summed E-state index contributed by atoms with van der Waals surface area (Å²) in [6.07, 6.45) is 80.8. The van der Waals surface area contributed by atoms with E-state index in [2.05, 4.69) is 67.8 Å². The number of hydrogen-bond acceptors (Lipinski definition) is 5. The molecule has 0 aliphatic carbocycles. The van der Waals surface area contributed by atoms with E-state index in [-0.39, 0.29) is 19.1 Å². The maximum atomic E-state index is 13.0. The highest BCUT2D eigenvalue weighted by Crippen LogP contribution is 2.43. The number of likely N-dealkylation sites (N-methyl/N-ethyl adjacent to an activating group) is 1. The van der Waals surface area contributed by atoms with E-state index >= 15 is 0 Å². The lowest BCUT2D eigenvalue weighted by atomic mass is 10.0. The number of aliphatic hydroxyl groups excluding tert-OH is 1. The normalized spacial score (nSPS) is 14.1. The molecular weight excluding hydrogens is 972 g/mol. The fourth-order valence-corrected chi connectivity index (χ4v) is 10.5. The van der Waals surface area contributed by atoms with Gasteiger partial charge >= 0.3 is 7.82 Å². The number of amides is 1. The standard InChI is InChI=1S/C68H129N2O6P/c1-6-8-10-12-14-16-18-20-22-24-26-27-28-29-30-31-32-33-34-35-36-37-38-39-40-41-42-43-44-46-48-50-52-54-56-58-60-62-68(72)69-66(65-76-77(73,74)75-64-63-70(3,4)5)67(71)61-59-57-55-53-51-49-47-45-25-23-21-19-17-15-13-11-9-7-2/h25,30-31,33-34,45,51,53,59,61,66-67,71H,6-24,26-29,32,35-44,46-50,52,54-58,60,62-65H2,1-5H3,(H-,69,72,73,74)/p+1/b31-30-,34-33-,45-25+,53-51+,61-59+. The van der Waals surface area contributed by atoms with Crippen molar-refractivity contribution in [1.29, 1.82) is 0 Å². The molecule has 3 N–H and O–H groups in total. The van der Waals surface area contributed by atoms with E-state index < -0.39 is 20.0 Å². The highest BCUT2D eigenvalue weighted by atomic mass is 31.2. The van der Waals surface area contributed by atoms with Crippen molar-refractivity contribution in [2.45, 2.75) is 328 Å². The monoisotopic (exact) mass is 1100 g/mol. The SMILES string of the molecule is CCCCCCCCCC/C=C/CC/C=C/CC/C=C/C(O)C(COP(=O)(O)OCC[N+](C)(C)C)NC(=O)CCCCCCCCCCCCCCCCCCC/C=C\C/C=C\CCCCCCCCCCCCCCC. The quantitative estimate of drug-likeness (QED) is 0.0243. The van der Waals surface area contributed by atoms with Gasteiger partial charge in [-0.1, -0.05) is 293 Å². The lowest BCUT2D eigenvalue weighted by Crippen LogP contribution is -2.45. The van der Waals surface area contributed by atoms with E-state index in [9.17, 15) is 19.4 Å². The molecule has 8 nitrogen and oxygen atoms in total. The van der Waals surface area contributed by atoms with E-state index in [0.29, 0.717) is 17.4 Å². The number of unbranched alkanes of at least 4 members (excludes halogenated alkanes) is 40. The van der Waals surface area contributed by atoms with Crippen molar-refractivity contribution in [3.8, 4) is 0 Å². The lowest BCUT2D eigenvalue weighted by molar-refractivity contribution is -0.870. The van der Waals surface area contributed by atoms with E-state index in [0.717, 1.165) is 51.4 Å². The Labute approximate surface area is 479 Å². The molecule has 0 aromatic carbocycles. The Morgan fingerprint density at radius 3 is 1.12 bits per heavy atom. The van der Waals surface area contributed by atoms with Gasteiger partial charge in [-0.25, -0.2) is 4.57 Å². The molecule has 0 aliphatic rings. The second kappa shape index (κ2) is 58.8. The minimum atomic E-state index is -4.36. The largest absolute Gasteiger partial charge is 0.472 e. The maximum Gasteiger partial charge on any atom is 0.472 e. The predicted octanol–water partition coefficient (Wildman–Crippen LogP) is 20.8. The van der Waals surface area contributed by atoms with Crippen molar-refractivity contribution in [3.63, 3.8) is 0 Å². The van der Waals surface area contributed by atoms with Crippen molar-refractivity contribution in [2.75, 3.05) is 40.9 Å². The fraction of sp³-hybridized carbons (Fsp3) is 0.838. The van der Waals surface area contributed by atoms with Gasteiger partial charge in [-0.3, -0.25) is 13.8 Å². The van der Waals surface area contributed by atoms with E-state index in [1.807, 2.05) is 27.2 Å². The summed E-state index contributed by atoms with van der Waals surface area (Å²) in [5.74, 6) is -0.188. The molecule has 3 unspecified atom stereocenters. The van der Waals surface area contributed by atoms with Crippen LogP contribution in [0.2, 0.25) is 0 Å². The summed E-state index contributed by atoms with van der Waals surface area (Å²) in [5, 5.41) is 13.9. The van der Waals surface area contributed by atoms with Crippen LogP contribution < -0.4 is 5.32 Å². The number of nitrogens with one attached hydrogen (secondary N) is 1. The van der Waals surface area contributed by atoms with Gasteiger partial charge in [-0.2, -0.15) is 0 Å². The molecule has 3 atom stereocenters. The van der Waals surface area contributed by atoms with Gasteiger partial charge in [0.2, 0.25) is 5.91 Å². The van der Waals surface area contributed by atoms with Crippen LogP contribution in [0.5, 0.6) is 0 Å². The second-order valence-corrected chi connectivity index (χ2v) is 25.3. The number of phosphoric acid groups is 1. The number of nitrogens with zero attached hydrogens (tertiary/aromatic N) is 1. The molecule has 452 valence electrons. The molecule has 0 spiro atoms. The minimum absolute atomic E-state index is 0.0530. The minimum Gasteiger partial charge on any atom is -0.387 e. The maximum absolute atomic E-state index is 13.0. The van der Waals surface area contributed by atoms with Gasteiger partial charge in [0, 0.05) is 6.42 Å². The molecule has 0 aromatic rings. The molecule has 0 heterocycles. The third-order valence-electron chi connectivity index (χ3n) is 14.9. The number of carbonyl (C=O) groups is 1. The number of carbonyl (C=O) groups excluding carboxylic acids is 1. The van der Waals surface area contributed by atoms with Crippen molar-refractivity contribution in [1.82, 2.24) is 5.32 Å². The van der Waals surface area contributed by atoms with Crippen LogP contribution in [-0.4, -0.2) is 73.4 Å². The van der Waals surface area contributed by atoms with Gasteiger partial charge in [0.15, 0.2) is 0 Å². The predicted molar refractivity (Wildman–Crippen MR) is 337 cm³/mol. The van der Waals surface area contributed by atoms with Gasteiger partial charge in [0.05, 0.1) is 39.9 Å². The van der Waals surface area contributed by atoms with Gasteiger partial charge < -0.3 is 19.8 Å². The zero-order valence-corrected chi connectivity index (χ0v) is 52.6. The summed E-state index contributed by atoms with van der Waals surface area (Å²) in [5.41, 5.74) is 0. The molecular formula is C68H130N2O6P+. The van der Waals surface area contributed by atoms with Crippen LogP contribution in [0.25, 0.3) is 0 Å². The van der Waals surface area contributed by atoms with E-state index in [4.69, 9.17) is 9.05 Å². The van der Waals surface area contributed by atoms with E-state index in [1.54, 1.807) is 6.08 Å². The topological polar surface area (TPSA) is 105 Å². The highest BCUT2D eigenvalue weighted by Gasteiger charge is 2.28. The first kappa shape index (κ1) is 75.2. The van der Waals surface area contributed by atoms with Crippen molar-refractivity contribution < 1.29 is 32.9 Å². The zero-order valence-electron chi connectivity index (χ0n) is 51.7. The smallest absolute Gasteiger partial charge is 0.387 e. The summed E-state index contributed by atoms with van der Waals surface area (Å²) >= 11 is 0. The first-order chi connectivity index (χ1) is 37.5. The van der Waals surface area contributed by atoms with Gasteiger partial charge in [-0.05, 0) is 77.0 Å². The van der Waals surface area contributed by atoms with Crippen molar-refractivity contribution in [3.05, 3.63) is 60.8 Å². The average Bonchev–Trinajstić information content (AvgIpc) is 3.39. The number of phosphoric ester groups is 1. The number of quaternary nitrogens is 1. The molecule has 77 heavy (non-hydrogen) atoms. The lowest BCUT2D eigenvalue weighted by Gasteiger charge is -2.25. The van der Waals surface area contributed by atoms with Crippen molar-refractivity contribution in [2.24, 2.45) is 0 Å². The average molecular weight is 1100 g/mol. The van der Waals surface area contributed by atoms with Crippen LogP contribution in [0.4, 0.5) is 0 Å². The Morgan fingerprint density at radius 1 is 0.442 bits per heavy atom. The second-order valence-electron chi connectivity index (χ2n) is 23.8. The zero-order chi connectivity index (χ0) is 56.3. The molecule has 0 rings (SSSR count). The van der Waals surface area contributed by atoms with Crippen LogP contribution in [0.15, 0.2) is 60.8 Å². The fourth-order valence-electron chi connectivity index (χ4n) is 9.75. The van der Waals surface area contributed by atoms with Crippen LogP contribution >= 0.6 is 7.82 Å². The van der Waals surface area contributed by atoms with Crippen LogP contribution in [0, 0.1) is 0 Å². The Balaban J connectivity index is 4.03. The Kier molecular flexibility index (Phi) is 57.5. The first-order valence-corrected chi connectivity index (χ1v) is 34.7. The van der Waals surface area contributed by atoms with E-state index in [1.165, 1.54) is 244 Å². The van der Waals surface area contributed by atoms with Gasteiger partial charge in [0.25, 0.3) is 0 Å². The summed E-state index contributed by atoms with van der Waals surface area (Å²) < 4.78 is 23.7. The van der Waals surface area contributed by atoms with Gasteiger partial charge in [0.1, 0.15) is 13.2 Å². The summed E-state index contributed by atoms with van der Waals surface area (Å²) in [6, 6.07) is -0.872. The Hall–Kier alpha value is -1.80. The summed E-state index contributed by atoms with van der Waals surface area (Å²) in [4.78, 5) is 23.3. The van der Waals surface area contributed by atoms with Crippen LogP contribution in [0.1, 0.15) is 316 Å². The summed E-state index contributed by atoms with van der Waals surface area (Å²) in [6.45, 7) is 4.81. The number of aliphatic hydroxyl groups is 1. The molecule has 0 radical (unpaired) electrons. The molecule has 1 amide bonds. The molecule has 0 saturated carbocycles. The van der Waals surface area contributed by atoms with Gasteiger partial charge in [-0.15, -0.1) is 0 Å². The molecule has 9 heteroatoms. The molecule has 0 bridgehead atoms. The molecule has 0 fully saturated rings. The Bertz CT molecular complexity index is 1440. The van der Waals surface area contributed by atoms with Crippen molar-refractivity contribution >= 4 is 13.7 Å². The first-order valence-electron chi connectivity index (χ1n) is 33.2. The molecule has 0 saturated heterocycles. The third kappa shape index (κ3) is 61.7. The summed E-state index contributed by atoms with van der Waals surface area (Å²) in [7, 11) is 1.55. The molecule has 0 aliphatic heterocycles. The van der Waals surface area contributed by atoms with Crippen LogP contribution in [0.3, 0.4) is 0 Å². The third-order valence-corrected chi connectivity index (χ3v) is 15.9. The Morgan fingerprint density at radius 2 is 0.753 bits per heavy atom. The van der Waals surface area contributed by atoms with Crippen LogP contribution in [-0.2, 0) is 18.4 Å².